The first kappa shape index (κ1) is 16.8. The van der Waals surface area contributed by atoms with E-state index in [1.54, 1.807) is 0 Å². The molecule has 24 heavy (non-hydrogen) atoms. The van der Waals surface area contributed by atoms with Crippen molar-refractivity contribution in [2.75, 3.05) is 26.2 Å². The van der Waals surface area contributed by atoms with Crippen LogP contribution in [0.25, 0.3) is 0 Å². The van der Waals surface area contributed by atoms with E-state index in [0.29, 0.717) is 18.5 Å². The van der Waals surface area contributed by atoms with Crippen molar-refractivity contribution in [3.8, 4) is 0 Å². The number of carbonyl (C=O) groups excluding carboxylic acids is 2. The van der Waals surface area contributed by atoms with E-state index in [1.165, 1.54) is 12.8 Å². The van der Waals surface area contributed by atoms with E-state index >= 15 is 0 Å². The molecule has 1 aliphatic carbocycles. The van der Waals surface area contributed by atoms with E-state index in [4.69, 9.17) is 0 Å². The fraction of sp³-hybridized carbons (Fsp3) is 0.529. The third kappa shape index (κ3) is 4.50. The molecule has 130 valence electrons. The minimum absolute atomic E-state index is 0.142. The SMILES string of the molecule is O=C(CNC(=O)c1cc(F)cc(F)c1)NC[C@H]1CCN(C2CC2)C1. The van der Waals surface area contributed by atoms with Gasteiger partial charge in [0.05, 0.1) is 6.54 Å². The maximum atomic E-state index is 13.1. The molecule has 1 heterocycles. The van der Waals surface area contributed by atoms with Gasteiger partial charge in [0.2, 0.25) is 5.91 Å². The number of rotatable bonds is 6. The van der Waals surface area contributed by atoms with Crippen molar-refractivity contribution in [1.29, 1.82) is 0 Å². The first-order chi connectivity index (χ1) is 11.5. The van der Waals surface area contributed by atoms with Gasteiger partial charge in [-0.2, -0.15) is 0 Å². The van der Waals surface area contributed by atoms with Crippen molar-refractivity contribution in [2.45, 2.75) is 25.3 Å². The second-order valence-electron chi connectivity index (χ2n) is 6.53. The molecule has 1 atom stereocenters. The lowest BCUT2D eigenvalue weighted by Gasteiger charge is -2.15. The standard InChI is InChI=1S/C17H21F2N3O2/c18-13-5-12(6-14(19)7-13)17(24)21-9-16(23)20-8-11-3-4-22(10-11)15-1-2-15/h5-7,11,15H,1-4,8-10H2,(H,20,23)(H,21,24)/t11-/m1/s1. The molecule has 7 heteroatoms. The van der Waals surface area contributed by atoms with Crippen LogP contribution in [0, 0.1) is 17.6 Å². The van der Waals surface area contributed by atoms with Gasteiger partial charge >= 0.3 is 0 Å². The summed E-state index contributed by atoms with van der Waals surface area (Å²) >= 11 is 0. The molecule has 0 aromatic heterocycles. The molecule has 5 nitrogen and oxygen atoms in total. The van der Waals surface area contributed by atoms with Crippen LogP contribution in [-0.4, -0.2) is 48.9 Å². The Balaban J connectivity index is 1.38. The Bertz CT molecular complexity index is 614. The van der Waals surface area contributed by atoms with Crippen LogP contribution >= 0.6 is 0 Å². The molecule has 2 fully saturated rings. The van der Waals surface area contributed by atoms with Crippen LogP contribution in [0.5, 0.6) is 0 Å². The van der Waals surface area contributed by atoms with Gasteiger partial charge in [0.1, 0.15) is 11.6 Å². The highest BCUT2D eigenvalue weighted by Gasteiger charge is 2.34. The Morgan fingerprint density at radius 1 is 1.08 bits per heavy atom. The van der Waals surface area contributed by atoms with E-state index in [1.807, 2.05) is 0 Å². The molecule has 0 unspecified atom stereocenters. The minimum Gasteiger partial charge on any atom is -0.354 e. The van der Waals surface area contributed by atoms with Gasteiger partial charge in [-0.1, -0.05) is 0 Å². The van der Waals surface area contributed by atoms with Crippen molar-refractivity contribution in [3.05, 3.63) is 35.4 Å². The minimum atomic E-state index is -0.828. The van der Waals surface area contributed by atoms with Gasteiger partial charge in [-0.25, -0.2) is 8.78 Å². The molecule has 2 N–H and O–H groups in total. The average molecular weight is 337 g/mol. The summed E-state index contributed by atoms with van der Waals surface area (Å²) in [5, 5.41) is 5.18. The molecule has 2 amide bonds. The van der Waals surface area contributed by atoms with E-state index < -0.39 is 17.5 Å². The second-order valence-corrected chi connectivity index (χ2v) is 6.53. The number of hydrogen-bond acceptors (Lipinski definition) is 3. The van der Waals surface area contributed by atoms with Crippen LogP contribution in [0.4, 0.5) is 8.78 Å². The zero-order valence-corrected chi connectivity index (χ0v) is 13.4. The highest BCUT2D eigenvalue weighted by Crippen LogP contribution is 2.31. The summed E-state index contributed by atoms with van der Waals surface area (Å²) in [5.74, 6) is -2.19. The maximum Gasteiger partial charge on any atom is 0.251 e. The van der Waals surface area contributed by atoms with Gasteiger partial charge in [-0.3, -0.25) is 9.59 Å². The third-order valence-corrected chi connectivity index (χ3v) is 4.50. The predicted molar refractivity (Wildman–Crippen MR) is 84.4 cm³/mol. The quantitative estimate of drug-likeness (QED) is 0.822. The van der Waals surface area contributed by atoms with Crippen LogP contribution in [-0.2, 0) is 4.79 Å². The Morgan fingerprint density at radius 2 is 1.79 bits per heavy atom. The first-order valence-corrected chi connectivity index (χ1v) is 8.26. The Morgan fingerprint density at radius 3 is 2.46 bits per heavy atom. The molecule has 1 aromatic rings. The van der Waals surface area contributed by atoms with E-state index in [9.17, 15) is 18.4 Å². The monoisotopic (exact) mass is 337 g/mol. The van der Waals surface area contributed by atoms with Crippen LogP contribution in [0.15, 0.2) is 18.2 Å². The van der Waals surface area contributed by atoms with Gasteiger partial charge in [-0.05, 0) is 43.9 Å². The highest BCUT2D eigenvalue weighted by atomic mass is 19.1. The molecule has 3 rings (SSSR count). The topological polar surface area (TPSA) is 61.4 Å². The molecule has 0 spiro atoms. The zero-order valence-electron chi connectivity index (χ0n) is 13.4. The molecule has 0 bridgehead atoms. The Hall–Kier alpha value is -2.02. The fourth-order valence-electron chi connectivity index (χ4n) is 3.07. The summed E-state index contributed by atoms with van der Waals surface area (Å²) in [6.07, 6.45) is 3.64. The zero-order chi connectivity index (χ0) is 17.1. The van der Waals surface area contributed by atoms with E-state index in [0.717, 1.165) is 37.7 Å². The summed E-state index contributed by atoms with van der Waals surface area (Å²) < 4.78 is 26.1. The molecule has 1 aliphatic heterocycles. The highest BCUT2D eigenvalue weighted by molar-refractivity contribution is 5.96. The maximum absolute atomic E-state index is 13.1. The van der Waals surface area contributed by atoms with Crippen LogP contribution in [0.1, 0.15) is 29.6 Å². The van der Waals surface area contributed by atoms with Crippen molar-refractivity contribution >= 4 is 11.8 Å². The average Bonchev–Trinajstić information content (AvgIpc) is 3.28. The van der Waals surface area contributed by atoms with Gasteiger partial charge in [-0.15, -0.1) is 0 Å². The van der Waals surface area contributed by atoms with Crippen LogP contribution < -0.4 is 10.6 Å². The number of nitrogens with zero attached hydrogens (tertiary/aromatic N) is 1. The lowest BCUT2D eigenvalue weighted by Crippen LogP contribution is -2.39. The van der Waals surface area contributed by atoms with E-state index in [-0.39, 0.29) is 18.0 Å². The molecule has 1 aromatic carbocycles. The summed E-state index contributed by atoms with van der Waals surface area (Å²) in [7, 11) is 0. The molecule has 0 radical (unpaired) electrons. The summed E-state index contributed by atoms with van der Waals surface area (Å²) in [5.41, 5.74) is -0.142. The van der Waals surface area contributed by atoms with Gasteiger partial charge < -0.3 is 15.5 Å². The number of benzene rings is 1. The summed E-state index contributed by atoms with van der Waals surface area (Å²) in [6.45, 7) is 2.48. The molecule has 2 aliphatic rings. The predicted octanol–water partition coefficient (Wildman–Crippen LogP) is 1.30. The molecule has 1 saturated heterocycles. The van der Waals surface area contributed by atoms with Gasteiger partial charge in [0.25, 0.3) is 5.91 Å². The number of likely N-dealkylation sites (tertiary alicyclic amines) is 1. The van der Waals surface area contributed by atoms with Crippen molar-refractivity contribution in [1.82, 2.24) is 15.5 Å². The number of amides is 2. The van der Waals surface area contributed by atoms with Crippen molar-refractivity contribution in [3.63, 3.8) is 0 Å². The molecular weight excluding hydrogens is 316 g/mol. The number of carbonyl (C=O) groups is 2. The Labute approximate surface area is 139 Å². The van der Waals surface area contributed by atoms with Crippen molar-refractivity contribution < 1.29 is 18.4 Å². The van der Waals surface area contributed by atoms with Crippen LogP contribution in [0.3, 0.4) is 0 Å². The lowest BCUT2D eigenvalue weighted by atomic mass is 10.1. The summed E-state index contributed by atoms with van der Waals surface area (Å²) in [4.78, 5) is 26.1. The number of hydrogen-bond donors (Lipinski definition) is 2. The van der Waals surface area contributed by atoms with Gasteiger partial charge in [0.15, 0.2) is 0 Å². The summed E-state index contributed by atoms with van der Waals surface area (Å²) in [6, 6.07) is 3.30. The third-order valence-electron chi connectivity index (χ3n) is 4.50. The van der Waals surface area contributed by atoms with Gasteiger partial charge in [0, 0.05) is 30.8 Å². The lowest BCUT2D eigenvalue weighted by molar-refractivity contribution is -0.120. The smallest absolute Gasteiger partial charge is 0.251 e. The fourth-order valence-corrected chi connectivity index (χ4v) is 3.07. The largest absolute Gasteiger partial charge is 0.354 e. The number of halogens is 2. The number of nitrogens with one attached hydrogen (secondary N) is 2. The normalized spacial score (nSPS) is 20.8. The second kappa shape index (κ2) is 7.25. The van der Waals surface area contributed by atoms with Crippen LogP contribution in [0.2, 0.25) is 0 Å². The van der Waals surface area contributed by atoms with Crippen molar-refractivity contribution in [2.24, 2.45) is 5.92 Å². The first-order valence-electron chi connectivity index (χ1n) is 8.26. The molecule has 1 saturated carbocycles. The molecular formula is C17H21F2N3O2. The Kier molecular flexibility index (Phi) is 5.08. The van der Waals surface area contributed by atoms with E-state index in [2.05, 4.69) is 15.5 Å².